The molecule has 1 aromatic carbocycles. The van der Waals surface area contributed by atoms with Gasteiger partial charge in [0.15, 0.2) is 0 Å². The van der Waals surface area contributed by atoms with E-state index in [4.69, 9.17) is 22.1 Å². The summed E-state index contributed by atoms with van der Waals surface area (Å²) in [4.78, 5) is 0. The van der Waals surface area contributed by atoms with Gasteiger partial charge in [-0.3, -0.25) is 0 Å². The Morgan fingerprint density at radius 1 is 1.33 bits per heavy atom. The zero-order valence-electron chi connectivity index (χ0n) is 11.6. The van der Waals surface area contributed by atoms with Crippen molar-refractivity contribution in [1.29, 1.82) is 0 Å². The Hall–Kier alpha value is -0.730. The summed E-state index contributed by atoms with van der Waals surface area (Å²) in [5, 5.41) is 0.713. The number of hydrogen-bond acceptors (Lipinski definition) is 2. The molecule has 3 heteroatoms. The summed E-state index contributed by atoms with van der Waals surface area (Å²) in [7, 11) is 0. The Labute approximate surface area is 115 Å². The van der Waals surface area contributed by atoms with Crippen LogP contribution in [0.1, 0.15) is 50.7 Å². The minimum Gasteiger partial charge on any atom is -0.492 e. The molecule has 1 atom stereocenters. The van der Waals surface area contributed by atoms with Gasteiger partial charge in [0.05, 0.1) is 11.6 Å². The van der Waals surface area contributed by atoms with Crippen molar-refractivity contribution in [2.75, 3.05) is 13.2 Å². The van der Waals surface area contributed by atoms with Gasteiger partial charge >= 0.3 is 0 Å². The van der Waals surface area contributed by atoms with Crippen molar-refractivity contribution in [3.05, 3.63) is 28.3 Å². The van der Waals surface area contributed by atoms with Crippen LogP contribution >= 0.6 is 11.6 Å². The van der Waals surface area contributed by atoms with Crippen molar-refractivity contribution in [3.63, 3.8) is 0 Å². The first-order valence-corrected chi connectivity index (χ1v) is 7.16. The molecule has 0 fully saturated rings. The number of nitrogens with two attached hydrogens (primary N) is 1. The first-order valence-electron chi connectivity index (χ1n) is 6.79. The van der Waals surface area contributed by atoms with E-state index in [9.17, 15) is 0 Å². The molecule has 0 saturated carbocycles. The second kappa shape index (κ2) is 7.65. The number of rotatable bonds is 7. The van der Waals surface area contributed by atoms with Crippen molar-refractivity contribution >= 4 is 11.6 Å². The van der Waals surface area contributed by atoms with E-state index in [0.29, 0.717) is 24.1 Å². The van der Waals surface area contributed by atoms with Crippen LogP contribution in [-0.4, -0.2) is 13.2 Å². The highest BCUT2D eigenvalue weighted by Crippen LogP contribution is 2.34. The molecular weight excluding hydrogens is 246 g/mol. The van der Waals surface area contributed by atoms with Gasteiger partial charge < -0.3 is 10.5 Å². The number of benzene rings is 1. The Bertz CT molecular complexity index is 379. The highest BCUT2D eigenvalue weighted by molar-refractivity contribution is 6.32. The van der Waals surface area contributed by atoms with Crippen LogP contribution in [-0.2, 0) is 6.42 Å². The third-order valence-electron chi connectivity index (χ3n) is 3.19. The van der Waals surface area contributed by atoms with Crippen molar-refractivity contribution in [3.8, 4) is 5.75 Å². The number of ether oxygens (including phenoxy) is 1. The normalized spacial score (nSPS) is 12.5. The molecule has 102 valence electrons. The quantitative estimate of drug-likeness (QED) is 0.807. The van der Waals surface area contributed by atoms with E-state index in [0.717, 1.165) is 30.6 Å². The maximum Gasteiger partial charge on any atom is 0.141 e. The van der Waals surface area contributed by atoms with Crippen LogP contribution in [0.3, 0.4) is 0 Å². The first kappa shape index (κ1) is 15.3. The second-order valence-corrected chi connectivity index (χ2v) is 5.09. The van der Waals surface area contributed by atoms with E-state index >= 15 is 0 Å². The van der Waals surface area contributed by atoms with Crippen molar-refractivity contribution in [1.82, 2.24) is 0 Å². The smallest absolute Gasteiger partial charge is 0.141 e. The van der Waals surface area contributed by atoms with E-state index in [-0.39, 0.29) is 0 Å². The van der Waals surface area contributed by atoms with Crippen molar-refractivity contribution in [2.45, 2.75) is 46.0 Å². The van der Waals surface area contributed by atoms with Crippen LogP contribution in [0.2, 0.25) is 5.02 Å². The molecule has 18 heavy (non-hydrogen) atoms. The van der Waals surface area contributed by atoms with E-state index in [1.54, 1.807) is 0 Å². The van der Waals surface area contributed by atoms with Gasteiger partial charge in [0.25, 0.3) is 0 Å². The molecule has 0 heterocycles. The van der Waals surface area contributed by atoms with E-state index in [1.807, 2.05) is 6.07 Å². The molecule has 1 unspecified atom stereocenters. The van der Waals surface area contributed by atoms with E-state index in [2.05, 4.69) is 26.8 Å². The van der Waals surface area contributed by atoms with Gasteiger partial charge in [-0.1, -0.05) is 38.4 Å². The number of hydrogen-bond donors (Lipinski definition) is 1. The molecule has 1 aromatic rings. The van der Waals surface area contributed by atoms with Gasteiger partial charge in [-0.15, -0.1) is 0 Å². The van der Waals surface area contributed by atoms with Crippen LogP contribution in [0.15, 0.2) is 12.1 Å². The predicted octanol–water partition coefficient (Wildman–Crippen LogP) is 4.14. The van der Waals surface area contributed by atoms with Crippen LogP contribution in [0, 0.1) is 0 Å². The predicted molar refractivity (Wildman–Crippen MR) is 78.7 cm³/mol. The molecule has 0 bridgehead atoms. The largest absolute Gasteiger partial charge is 0.492 e. The van der Waals surface area contributed by atoms with Crippen molar-refractivity contribution in [2.24, 2.45) is 5.73 Å². The fourth-order valence-electron chi connectivity index (χ4n) is 1.90. The first-order chi connectivity index (χ1) is 8.63. The highest BCUT2D eigenvalue weighted by atomic mass is 35.5. The summed E-state index contributed by atoms with van der Waals surface area (Å²) in [5.41, 5.74) is 8.07. The average Bonchev–Trinajstić information content (AvgIpc) is 2.37. The summed E-state index contributed by atoms with van der Waals surface area (Å²) in [5.74, 6) is 1.33. The highest BCUT2D eigenvalue weighted by Gasteiger charge is 2.13. The molecule has 0 saturated heterocycles. The minimum atomic E-state index is 0.513. The van der Waals surface area contributed by atoms with Crippen LogP contribution in [0.5, 0.6) is 5.75 Å². The van der Waals surface area contributed by atoms with Gasteiger partial charge in [0.1, 0.15) is 5.75 Å². The van der Waals surface area contributed by atoms with Crippen LogP contribution in [0.4, 0.5) is 0 Å². The second-order valence-electron chi connectivity index (χ2n) is 4.69. The van der Waals surface area contributed by atoms with Gasteiger partial charge in [0.2, 0.25) is 0 Å². The Kier molecular flexibility index (Phi) is 6.51. The maximum atomic E-state index is 6.34. The summed E-state index contributed by atoms with van der Waals surface area (Å²) in [6.45, 7) is 7.79. The summed E-state index contributed by atoms with van der Waals surface area (Å²) < 4.78 is 5.75. The molecule has 0 spiro atoms. The maximum absolute atomic E-state index is 6.34. The van der Waals surface area contributed by atoms with Gasteiger partial charge in [-0.2, -0.15) is 0 Å². The summed E-state index contributed by atoms with van der Waals surface area (Å²) >= 11 is 6.34. The Morgan fingerprint density at radius 3 is 2.61 bits per heavy atom. The summed E-state index contributed by atoms with van der Waals surface area (Å²) in [6, 6.07) is 4.22. The van der Waals surface area contributed by atoms with Gasteiger partial charge in [-0.25, -0.2) is 0 Å². The Balaban J connectivity index is 3.09. The number of halogens is 1. The molecule has 0 radical (unpaired) electrons. The summed E-state index contributed by atoms with van der Waals surface area (Å²) in [6.07, 6.45) is 2.89. The molecule has 2 N–H and O–H groups in total. The van der Waals surface area contributed by atoms with E-state index < -0.39 is 0 Å². The standard InChI is InChI=1S/C15H24ClNO/c1-4-8-18-15-12(6-7-17)9-13(10-14(15)16)11(3)5-2/h9-11H,4-8,17H2,1-3H3. The average molecular weight is 270 g/mol. The van der Waals surface area contributed by atoms with Gasteiger partial charge in [0, 0.05) is 0 Å². The SMILES string of the molecule is CCCOc1c(Cl)cc(C(C)CC)cc1CCN. The minimum absolute atomic E-state index is 0.513. The lowest BCUT2D eigenvalue weighted by Crippen LogP contribution is -2.07. The zero-order valence-corrected chi connectivity index (χ0v) is 12.4. The van der Waals surface area contributed by atoms with Crippen molar-refractivity contribution < 1.29 is 4.74 Å². The molecule has 1 rings (SSSR count). The zero-order chi connectivity index (χ0) is 13.5. The fourth-order valence-corrected chi connectivity index (χ4v) is 2.20. The fraction of sp³-hybridized carbons (Fsp3) is 0.600. The van der Waals surface area contributed by atoms with Gasteiger partial charge in [-0.05, 0) is 48.9 Å². The molecule has 2 nitrogen and oxygen atoms in total. The third kappa shape index (κ3) is 3.89. The van der Waals surface area contributed by atoms with E-state index in [1.165, 1.54) is 5.56 Å². The lowest BCUT2D eigenvalue weighted by molar-refractivity contribution is 0.314. The molecule has 0 aliphatic carbocycles. The molecular formula is C15H24ClNO. The molecule has 0 amide bonds. The van der Waals surface area contributed by atoms with Crippen LogP contribution < -0.4 is 10.5 Å². The molecule has 0 aromatic heterocycles. The molecule has 0 aliphatic heterocycles. The topological polar surface area (TPSA) is 35.2 Å². The molecule has 0 aliphatic rings. The lowest BCUT2D eigenvalue weighted by atomic mass is 9.95. The lowest BCUT2D eigenvalue weighted by Gasteiger charge is -2.17. The third-order valence-corrected chi connectivity index (χ3v) is 3.47. The Morgan fingerprint density at radius 2 is 2.06 bits per heavy atom. The monoisotopic (exact) mass is 269 g/mol. The van der Waals surface area contributed by atoms with Crippen LogP contribution in [0.25, 0.3) is 0 Å².